The van der Waals surface area contributed by atoms with Crippen molar-refractivity contribution in [1.82, 2.24) is 9.80 Å². The second kappa shape index (κ2) is 4.18. The van der Waals surface area contributed by atoms with Gasteiger partial charge in [0.15, 0.2) is 0 Å². The Labute approximate surface area is 86.5 Å². The summed E-state index contributed by atoms with van der Waals surface area (Å²) in [5.41, 5.74) is 2.26. The zero-order valence-electron chi connectivity index (χ0n) is 9.20. The zero-order chi connectivity index (χ0) is 10.7. The molecule has 0 unspecified atom stereocenters. The fourth-order valence-electron chi connectivity index (χ4n) is 1.48. The molecule has 0 saturated heterocycles. The van der Waals surface area contributed by atoms with Crippen molar-refractivity contribution in [3.63, 3.8) is 0 Å². The molecule has 0 bridgehead atoms. The Morgan fingerprint density at radius 3 is 2.29 bits per heavy atom. The van der Waals surface area contributed by atoms with Crippen LogP contribution in [-0.2, 0) is 0 Å². The van der Waals surface area contributed by atoms with E-state index in [1.807, 2.05) is 19.1 Å². The summed E-state index contributed by atoms with van der Waals surface area (Å²) in [6, 6.07) is 0. The van der Waals surface area contributed by atoms with Gasteiger partial charge in [0.2, 0.25) is 0 Å². The second-order valence-corrected chi connectivity index (χ2v) is 3.48. The average molecular weight is 190 g/mol. The van der Waals surface area contributed by atoms with Crippen molar-refractivity contribution in [3.05, 3.63) is 49.0 Å². The lowest BCUT2D eigenvalue weighted by Crippen LogP contribution is -2.32. The number of rotatable bonds is 3. The van der Waals surface area contributed by atoms with Crippen LogP contribution in [0.2, 0.25) is 0 Å². The Morgan fingerprint density at radius 2 is 1.93 bits per heavy atom. The first-order valence-corrected chi connectivity index (χ1v) is 4.76. The highest BCUT2D eigenvalue weighted by atomic mass is 15.4. The fourth-order valence-corrected chi connectivity index (χ4v) is 1.48. The first-order chi connectivity index (χ1) is 6.61. The molecule has 0 aromatic heterocycles. The third kappa shape index (κ3) is 1.74. The molecule has 1 heterocycles. The Balaban J connectivity index is 2.99. The molecule has 0 amide bonds. The van der Waals surface area contributed by atoms with Crippen molar-refractivity contribution in [2.45, 2.75) is 20.0 Å². The maximum atomic E-state index is 3.83. The van der Waals surface area contributed by atoms with E-state index in [0.29, 0.717) is 6.17 Å². The molecule has 1 aliphatic heterocycles. The molecule has 0 saturated carbocycles. The Morgan fingerprint density at radius 1 is 1.29 bits per heavy atom. The minimum Gasteiger partial charge on any atom is -0.359 e. The van der Waals surface area contributed by atoms with Crippen molar-refractivity contribution in [2.24, 2.45) is 0 Å². The van der Waals surface area contributed by atoms with Gasteiger partial charge in [-0.15, -0.1) is 0 Å². The van der Waals surface area contributed by atoms with Gasteiger partial charge in [-0.1, -0.05) is 19.2 Å². The predicted molar refractivity (Wildman–Crippen MR) is 61.3 cm³/mol. The van der Waals surface area contributed by atoms with Gasteiger partial charge in [-0.05, 0) is 25.5 Å². The molecular formula is C12H18N2. The van der Waals surface area contributed by atoms with Crippen LogP contribution in [0, 0.1) is 0 Å². The molecule has 14 heavy (non-hydrogen) atoms. The van der Waals surface area contributed by atoms with E-state index in [-0.39, 0.29) is 0 Å². The first kappa shape index (κ1) is 10.6. The topological polar surface area (TPSA) is 6.48 Å². The third-order valence-electron chi connectivity index (χ3n) is 2.64. The molecule has 0 spiro atoms. The molecule has 1 rings (SSSR count). The largest absolute Gasteiger partial charge is 0.359 e. The normalized spacial score (nSPS) is 22.4. The quantitative estimate of drug-likeness (QED) is 0.631. The molecule has 0 aromatic rings. The van der Waals surface area contributed by atoms with Crippen LogP contribution in [0.3, 0.4) is 0 Å². The molecule has 1 aliphatic rings. The van der Waals surface area contributed by atoms with Crippen molar-refractivity contribution in [3.8, 4) is 0 Å². The molecule has 1 atom stereocenters. The molecule has 0 fully saturated rings. The predicted octanol–water partition coefficient (Wildman–Crippen LogP) is 2.70. The number of allylic oxidation sites excluding steroid dienone is 3. The van der Waals surface area contributed by atoms with Gasteiger partial charge in [0.25, 0.3) is 0 Å². The van der Waals surface area contributed by atoms with Crippen LogP contribution in [0.5, 0.6) is 0 Å². The van der Waals surface area contributed by atoms with Gasteiger partial charge in [0, 0.05) is 25.1 Å². The van der Waals surface area contributed by atoms with Crippen LogP contribution in [0.15, 0.2) is 49.0 Å². The Kier molecular flexibility index (Phi) is 3.18. The van der Waals surface area contributed by atoms with Crippen molar-refractivity contribution >= 4 is 0 Å². The molecule has 2 nitrogen and oxygen atoms in total. The molecule has 0 aliphatic carbocycles. The van der Waals surface area contributed by atoms with Gasteiger partial charge in [0.1, 0.15) is 6.17 Å². The van der Waals surface area contributed by atoms with E-state index in [9.17, 15) is 0 Å². The van der Waals surface area contributed by atoms with E-state index in [1.54, 1.807) is 0 Å². The van der Waals surface area contributed by atoms with E-state index in [0.717, 1.165) is 11.3 Å². The average Bonchev–Trinajstić information content (AvgIpc) is 2.50. The number of hydrogen-bond acceptors (Lipinski definition) is 2. The molecule has 0 N–H and O–H groups in total. The van der Waals surface area contributed by atoms with Crippen LogP contribution in [-0.4, -0.2) is 23.0 Å². The van der Waals surface area contributed by atoms with Gasteiger partial charge in [-0.3, -0.25) is 0 Å². The van der Waals surface area contributed by atoms with E-state index in [1.165, 1.54) is 0 Å². The fraction of sp³-hybridized carbons (Fsp3) is 0.333. The number of hydrogen-bond donors (Lipinski definition) is 0. The van der Waals surface area contributed by atoms with Gasteiger partial charge in [0.05, 0.1) is 0 Å². The molecule has 2 heteroatoms. The van der Waals surface area contributed by atoms with E-state index < -0.39 is 0 Å². The minimum atomic E-state index is 0.345. The summed E-state index contributed by atoms with van der Waals surface area (Å²) in [4.78, 5) is 4.34. The van der Waals surface area contributed by atoms with Gasteiger partial charge >= 0.3 is 0 Å². The van der Waals surface area contributed by atoms with Crippen LogP contribution < -0.4 is 0 Å². The van der Waals surface area contributed by atoms with E-state index >= 15 is 0 Å². The lowest BCUT2D eigenvalue weighted by atomic mass is 10.2. The summed E-state index contributed by atoms with van der Waals surface area (Å²) in [7, 11) is 2.06. The van der Waals surface area contributed by atoms with Crippen LogP contribution in [0.4, 0.5) is 0 Å². The summed E-state index contributed by atoms with van der Waals surface area (Å²) in [5, 5.41) is 0. The van der Waals surface area contributed by atoms with Gasteiger partial charge < -0.3 is 9.80 Å². The van der Waals surface area contributed by atoms with Crippen molar-refractivity contribution < 1.29 is 0 Å². The highest BCUT2D eigenvalue weighted by Crippen LogP contribution is 2.22. The Hall–Kier alpha value is -1.44. The second-order valence-electron chi connectivity index (χ2n) is 3.48. The standard InChI is InChI=1S/C12H18N2/c1-6-10(3)12(7-2)14-9-8-13(5)11(14)4/h6-9,11H,1-2H2,3-5H3/b12-10+/t11-/m0/s1. The Bertz CT molecular complexity index is 299. The van der Waals surface area contributed by atoms with E-state index in [4.69, 9.17) is 0 Å². The summed E-state index contributed by atoms with van der Waals surface area (Å²) in [5.74, 6) is 0. The molecule has 0 radical (unpaired) electrons. The summed E-state index contributed by atoms with van der Waals surface area (Å²) >= 11 is 0. The molecule has 0 aromatic carbocycles. The first-order valence-electron chi connectivity index (χ1n) is 4.76. The highest BCUT2D eigenvalue weighted by Gasteiger charge is 2.20. The summed E-state index contributed by atoms with van der Waals surface area (Å²) in [6.45, 7) is 11.8. The van der Waals surface area contributed by atoms with Gasteiger partial charge in [-0.25, -0.2) is 0 Å². The highest BCUT2D eigenvalue weighted by molar-refractivity contribution is 5.31. The summed E-state index contributed by atoms with van der Waals surface area (Å²) in [6.07, 6.45) is 8.20. The lowest BCUT2D eigenvalue weighted by Gasteiger charge is -2.28. The monoisotopic (exact) mass is 190 g/mol. The maximum Gasteiger partial charge on any atom is 0.102 e. The molecular weight excluding hydrogens is 172 g/mol. The lowest BCUT2D eigenvalue weighted by molar-refractivity contribution is 0.236. The smallest absolute Gasteiger partial charge is 0.102 e. The van der Waals surface area contributed by atoms with Gasteiger partial charge in [-0.2, -0.15) is 0 Å². The zero-order valence-corrected chi connectivity index (χ0v) is 9.20. The van der Waals surface area contributed by atoms with Crippen LogP contribution in [0.1, 0.15) is 13.8 Å². The van der Waals surface area contributed by atoms with E-state index in [2.05, 4.69) is 49.3 Å². The van der Waals surface area contributed by atoms with Crippen LogP contribution in [0.25, 0.3) is 0 Å². The SMILES string of the molecule is C=C/C(C)=C(\C=C)N1C=CN(C)[C@@H]1C. The third-order valence-corrected chi connectivity index (χ3v) is 2.64. The maximum absolute atomic E-state index is 3.83. The minimum absolute atomic E-state index is 0.345. The molecule has 76 valence electrons. The van der Waals surface area contributed by atoms with Crippen LogP contribution >= 0.6 is 0 Å². The van der Waals surface area contributed by atoms with Crippen molar-refractivity contribution in [1.29, 1.82) is 0 Å². The summed E-state index contributed by atoms with van der Waals surface area (Å²) < 4.78 is 0. The number of nitrogens with zero attached hydrogens (tertiary/aromatic N) is 2. The van der Waals surface area contributed by atoms with Crippen molar-refractivity contribution in [2.75, 3.05) is 7.05 Å².